The van der Waals surface area contributed by atoms with Crippen molar-refractivity contribution in [2.75, 3.05) is 6.54 Å². The van der Waals surface area contributed by atoms with Gasteiger partial charge in [-0.2, -0.15) is 0 Å². The summed E-state index contributed by atoms with van der Waals surface area (Å²) in [6.07, 6.45) is 5.06. The summed E-state index contributed by atoms with van der Waals surface area (Å²) < 4.78 is 28.3. The Balaban J connectivity index is 1.81. The molecule has 2 aromatic heterocycles. The van der Waals surface area contributed by atoms with Gasteiger partial charge in [0, 0.05) is 24.2 Å². The molecule has 1 aromatic carbocycles. The number of H-pyrrole nitrogens is 1. The highest BCUT2D eigenvalue weighted by molar-refractivity contribution is 7.89. The summed E-state index contributed by atoms with van der Waals surface area (Å²) in [6.45, 7) is 6.31. The van der Waals surface area contributed by atoms with Crippen LogP contribution >= 0.6 is 34.5 Å². The molecule has 13 heteroatoms. The first-order valence-corrected chi connectivity index (χ1v) is 14.4. The van der Waals surface area contributed by atoms with Crippen LogP contribution in [0.2, 0.25) is 10.0 Å². The van der Waals surface area contributed by atoms with Gasteiger partial charge >= 0.3 is 0 Å². The fourth-order valence-electron chi connectivity index (χ4n) is 3.93. The van der Waals surface area contributed by atoms with Crippen LogP contribution in [0, 0.1) is 0 Å². The summed E-state index contributed by atoms with van der Waals surface area (Å²) in [4.78, 5) is 20.4. The van der Waals surface area contributed by atoms with Crippen molar-refractivity contribution in [3.05, 3.63) is 34.1 Å². The molecule has 1 aliphatic rings. The van der Waals surface area contributed by atoms with Gasteiger partial charge in [-0.3, -0.25) is 9.89 Å². The number of aromatic nitrogens is 4. The molecule has 0 spiro atoms. The van der Waals surface area contributed by atoms with Crippen LogP contribution in [0.3, 0.4) is 0 Å². The lowest BCUT2D eigenvalue weighted by Gasteiger charge is -2.33. The summed E-state index contributed by atoms with van der Waals surface area (Å²) in [7, 11) is -3.88. The number of hydrogen-bond donors (Lipinski definition) is 2. The van der Waals surface area contributed by atoms with E-state index in [0.717, 1.165) is 19.3 Å². The van der Waals surface area contributed by atoms with Crippen LogP contribution in [0.25, 0.3) is 21.1 Å². The molecule has 0 unspecified atom stereocenters. The largest absolute Gasteiger partial charge is 0.335 e. The SMILES string of the molecule is CC[C@@H](C)NS(=O)(=O)c1ccc(-c2sc(-c3cnn[nH]3)nc2C(=O)N2CCCC[C@@H]2C)c(Cl)c1Cl. The molecular weight excluding hydrogens is 531 g/mol. The predicted molar refractivity (Wildman–Crippen MR) is 137 cm³/mol. The van der Waals surface area contributed by atoms with Crippen LogP contribution in [0.15, 0.2) is 23.2 Å². The third kappa shape index (κ3) is 5.24. The van der Waals surface area contributed by atoms with Gasteiger partial charge in [0.15, 0.2) is 0 Å². The molecule has 1 aliphatic heterocycles. The fraction of sp³-hybridized carbons (Fsp3) is 0.455. The number of hydrogen-bond acceptors (Lipinski definition) is 7. The van der Waals surface area contributed by atoms with Crippen molar-refractivity contribution in [3.63, 3.8) is 0 Å². The summed E-state index contributed by atoms with van der Waals surface area (Å²) in [6, 6.07) is 2.79. The topological polar surface area (TPSA) is 121 Å². The van der Waals surface area contributed by atoms with Crippen molar-refractivity contribution in [3.8, 4) is 21.1 Å². The number of sulfonamides is 1. The number of rotatable bonds is 7. The Morgan fingerprint density at radius 3 is 2.74 bits per heavy atom. The van der Waals surface area contributed by atoms with E-state index in [9.17, 15) is 13.2 Å². The molecule has 0 bridgehead atoms. The van der Waals surface area contributed by atoms with Gasteiger partial charge in [0.2, 0.25) is 10.0 Å². The Bertz CT molecular complexity index is 1330. The number of nitrogens with one attached hydrogen (secondary N) is 2. The molecule has 0 aliphatic carbocycles. The second-order valence-corrected chi connectivity index (χ2v) is 12.0. The number of amides is 1. The molecule has 9 nitrogen and oxygen atoms in total. The number of piperidine rings is 1. The van der Waals surface area contributed by atoms with Gasteiger partial charge in [0.05, 0.1) is 21.1 Å². The lowest BCUT2D eigenvalue weighted by atomic mass is 10.0. The zero-order valence-corrected chi connectivity index (χ0v) is 22.7. The molecule has 3 aromatic rings. The first-order chi connectivity index (χ1) is 16.6. The molecule has 1 fully saturated rings. The molecule has 0 saturated carbocycles. The number of carbonyl (C=O) groups is 1. The highest BCUT2D eigenvalue weighted by atomic mass is 35.5. The summed E-state index contributed by atoms with van der Waals surface area (Å²) >= 11 is 14.3. The highest BCUT2D eigenvalue weighted by Crippen LogP contribution is 2.43. The maximum atomic E-state index is 13.6. The number of carbonyl (C=O) groups excluding carboxylic acids is 1. The zero-order valence-electron chi connectivity index (χ0n) is 19.5. The summed E-state index contributed by atoms with van der Waals surface area (Å²) in [5.74, 6) is -0.204. The van der Waals surface area contributed by atoms with Crippen molar-refractivity contribution in [2.45, 2.75) is 63.4 Å². The molecule has 2 atom stereocenters. The van der Waals surface area contributed by atoms with E-state index in [-0.39, 0.29) is 38.6 Å². The lowest BCUT2D eigenvalue weighted by Crippen LogP contribution is -2.42. The fourth-order valence-corrected chi connectivity index (χ4v) is 7.22. The van der Waals surface area contributed by atoms with Crippen molar-refractivity contribution in [1.82, 2.24) is 30.0 Å². The third-order valence-corrected chi connectivity index (χ3v) is 9.84. The van der Waals surface area contributed by atoms with E-state index >= 15 is 0 Å². The van der Waals surface area contributed by atoms with Gasteiger partial charge in [-0.1, -0.05) is 41.4 Å². The summed E-state index contributed by atoms with van der Waals surface area (Å²) in [5, 5.41) is 10.7. The number of halogens is 2. The Morgan fingerprint density at radius 1 is 1.31 bits per heavy atom. The van der Waals surface area contributed by atoms with Crippen LogP contribution < -0.4 is 4.72 Å². The maximum absolute atomic E-state index is 13.6. The van der Waals surface area contributed by atoms with Gasteiger partial charge in [-0.05, 0) is 45.6 Å². The standard InChI is InChI=1S/C22H26Cl2N6O3S2/c1-4-12(2)28-35(32,33)16-9-8-14(17(23)18(16)24)20-19(22(31)30-10-6-5-7-13(30)3)26-21(34-20)15-11-25-29-27-15/h8-9,11-13,28H,4-7,10H2,1-3H3,(H,25,27,29)/t12-,13+/m1/s1. The van der Waals surface area contributed by atoms with Gasteiger partial charge in [-0.25, -0.2) is 18.1 Å². The van der Waals surface area contributed by atoms with E-state index in [0.29, 0.717) is 34.1 Å². The molecule has 4 rings (SSSR count). The smallest absolute Gasteiger partial charge is 0.274 e. The van der Waals surface area contributed by atoms with Crippen LogP contribution in [0.4, 0.5) is 0 Å². The van der Waals surface area contributed by atoms with Crippen molar-refractivity contribution in [2.24, 2.45) is 0 Å². The van der Waals surface area contributed by atoms with E-state index in [1.807, 2.05) is 18.7 Å². The third-order valence-electron chi connectivity index (χ3n) is 6.09. The average molecular weight is 558 g/mol. The Labute approximate surface area is 218 Å². The number of thiazole rings is 1. The number of likely N-dealkylation sites (tertiary alicyclic amines) is 1. The van der Waals surface area contributed by atoms with E-state index in [1.54, 1.807) is 13.0 Å². The van der Waals surface area contributed by atoms with Crippen molar-refractivity contribution in [1.29, 1.82) is 0 Å². The first kappa shape index (κ1) is 26.0. The van der Waals surface area contributed by atoms with Gasteiger partial charge in [-0.15, -0.1) is 16.4 Å². The average Bonchev–Trinajstić information content (AvgIpc) is 3.50. The minimum atomic E-state index is -3.88. The minimum absolute atomic E-state index is 0.0392. The van der Waals surface area contributed by atoms with Crippen molar-refractivity contribution >= 4 is 50.5 Å². The van der Waals surface area contributed by atoms with Gasteiger partial charge < -0.3 is 4.90 Å². The molecule has 0 radical (unpaired) electrons. The number of aromatic amines is 1. The molecule has 35 heavy (non-hydrogen) atoms. The predicted octanol–water partition coefficient (Wildman–Crippen LogP) is 4.99. The Kier molecular flexibility index (Phi) is 7.82. The first-order valence-electron chi connectivity index (χ1n) is 11.3. The Hall–Kier alpha value is -2.05. The second-order valence-electron chi connectivity index (χ2n) is 8.58. The van der Waals surface area contributed by atoms with Gasteiger partial charge in [0.25, 0.3) is 5.91 Å². The molecule has 3 heterocycles. The van der Waals surface area contributed by atoms with Crippen LogP contribution in [-0.2, 0) is 10.0 Å². The maximum Gasteiger partial charge on any atom is 0.274 e. The number of nitrogens with zero attached hydrogens (tertiary/aromatic N) is 4. The minimum Gasteiger partial charge on any atom is -0.335 e. The van der Waals surface area contributed by atoms with Crippen molar-refractivity contribution < 1.29 is 13.2 Å². The number of benzene rings is 1. The quantitative estimate of drug-likeness (QED) is 0.422. The molecule has 1 amide bonds. The second kappa shape index (κ2) is 10.5. The van der Waals surface area contributed by atoms with Crippen LogP contribution in [-0.4, -0.2) is 58.2 Å². The Morgan fingerprint density at radius 2 is 2.09 bits per heavy atom. The molecule has 2 N–H and O–H groups in total. The van der Waals surface area contributed by atoms with E-state index in [2.05, 4.69) is 25.1 Å². The monoisotopic (exact) mass is 556 g/mol. The van der Waals surface area contributed by atoms with E-state index in [4.69, 9.17) is 23.2 Å². The zero-order chi connectivity index (χ0) is 25.3. The van der Waals surface area contributed by atoms with Crippen LogP contribution in [0.5, 0.6) is 0 Å². The van der Waals surface area contributed by atoms with Crippen LogP contribution in [0.1, 0.15) is 56.9 Å². The summed E-state index contributed by atoms with van der Waals surface area (Å²) in [5.41, 5.74) is 1.23. The van der Waals surface area contributed by atoms with E-state index in [1.165, 1.54) is 23.6 Å². The molecule has 188 valence electrons. The normalized spacial score (nSPS) is 17.5. The molecular formula is C22H26Cl2N6O3S2. The van der Waals surface area contributed by atoms with E-state index < -0.39 is 10.0 Å². The van der Waals surface area contributed by atoms with Gasteiger partial charge in [0.1, 0.15) is 21.3 Å². The highest BCUT2D eigenvalue weighted by Gasteiger charge is 2.31. The lowest BCUT2D eigenvalue weighted by molar-refractivity contribution is 0.0631. The molecule has 1 saturated heterocycles.